The van der Waals surface area contributed by atoms with Gasteiger partial charge in [0.05, 0.1) is 22.7 Å². The normalized spacial score (nSPS) is 14.7. The van der Waals surface area contributed by atoms with E-state index in [1.54, 1.807) is 0 Å². The van der Waals surface area contributed by atoms with Gasteiger partial charge in [-0.15, -0.1) is 0 Å². The van der Waals surface area contributed by atoms with Gasteiger partial charge in [0.25, 0.3) is 13.4 Å². The Morgan fingerprint density at radius 2 is 0.535 bits per heavy atom. The topological polar surface area (TPSA) is 68.3 Å². The van der Waals surface area contributed by atoms with Crippen molar-refractivity contribution in [1.29, 1.82) is 0 Å². The first-order chi connectivity index (χ1) is 71.0. The van der Waals surface area contributed by atoms with Gasteiger partial charge in [0.1, 0.15) is 69.0 Å². The number of para-hydroxylation sites is 7. The van der Waals surface area contributed by atoms with E-state index in [1.165, 1.54) is 72.1 Å². The number of hydrogen-bond donors (Lipinski definition) is 0. The summed E-state index contributed by atoms with van der Waals surface area (Å²) in [5.74, 6) is 10.2. The molecule has 0 amide bonds. The van der Waals surface area contributed by atoms with Gasteiger partial charge in [0, 0.05) is 102 Å². The van der Waals surface area contributed by atoms with Gasteiger partial charge in [-0.05, 0) is 274 Å². The standard InChI is InChI=1S/C38H29BN2O.C36H25BN2O.C30H19O2PS.C24H15O2PS/c1-26-16-19-30(20-17-26)41-34-23-18-27(2)24-33(34)39-32-22-21-31(25-37(32)42-36-15-9-14-35(41)38(36)39)40(28-10-5-3-6-11-28)29-12-7-4-8-13-29;1-4-13-26(14-5-1)38(27-15-6-2-7-16-27)29-23-24-31-35(25-29)40-34-22-12-21-33-36(34)37(31)30-19-10-11-20-32(30)39(33)28-17-8-3-9-18-28;34-33-28-17-15-22(20-8-3-1-4-9-20)18-27(28)32-26-13-7-12-25(30(26)33)31-24-16-14-23(19-29(24)33)21-10-5-2-6-11-21;28-27-22-12-5-4-9-18(22)25-20-10-6-11-21(24(20)27)26-19-14-13-17(15-23(19)27)16-7-2-1-3-8-16/h3-25H,1-2H3;1-25H;1-19H;1-15H. The molecule has 8 aliphatic rings. The second-order valence-corrected chi connectivity index (χ2v) is 45.4. The summed E-state index contributed by atoms with van der Waals surface area (Å²) in [6.07, 6.45) is 0. The van der Waals surface area contributed by atoms with Gasteiger partial charge in [-0.1, -0.05) is 326 Å². The van der Waals surface area contributed by atoms with Gasteiger partial charge < -0.3 is 48.0 Å². The van der Waals surface area contributed by atoms with Crippen LogP contribution in [-0.2, 0) is 23.6 Å². The van der Waals surface area contributed by atoms with Crippen LogP contribution >= 0.6 is 12.1 Å². The molecule has 0 radical (unpaired) electrons. The Hall–Kier alpha value is -17.0. The minimum Gasteiger partial charge on any atom is -0.458 e. The Bertz CT molecular complexity index is 8630. The zero-order valence-corrected chi connectivity index (χ0v) is 81.9. The number of benzene rings is 21. The highest BCUT2D eigenvalue weighted by Crippen LogP contribution is 2.62. The maximum absolute atomic E-state index is 6.78. The van der Waals surface area contributed by atoms with Crippen LogP contribution < -0.4 is 113 Å². The average molecular weight is 1930 g/mol. The number of nitrogens with zero attached hydrogens (tertiary/aromatic N) is 4. The van der Waals surface area contributed by atoms with E-state index in [-0.39, 0.29) is 13.4 Å². The van der Waals surface area contributed by atoms with Crippen LogP contribution in [0, 0.1) is 13.8 Å². The Morgan fingerprint density at radius 3 is 1.01 bits per heavy atom. The number of ether oxygens (including phenoxy) is 6. The van der Waals surface area contributed by atoms with E-state index in [4.69, 9.17) is 52.0 Å². The van der Waals surface area contributed by atoms with Gasteiger partial charge in [0.15, 0.2) is 0 Å². The molecule has 21 aromatic rings. The third kappa shape index (κ3) is 15.1. The zero-order chi connectivity index (χ0) is 96.1. The van der Waals surface area contributed by atoms with Crippen molar-refractivity contribution in [2.24, 2.45) is 0 Å². The largest absolute Gasteiger partial charge is 0.458 e. The third-order valence-corrected chi connectivity index (χ3v) is 37.9. The van der Waals surface area contributed by atoms with Crippen LogP contribution in [0.3, 0.4) is 0 Å². The fourth-order valence-corrected chi connectivity index (χ4v) is 30.7. The summed E-state index contributed by atoms with van der Waals surface area (Å²) >= 11 is 13.2. The second-order valence-electron chi connectivity index (χ2n) is 36.8. The van der Waals surface area contributed by atoms with Crippen molar-refractivity contribution >= 4 is 182 Å². The predicted molar refractivity (Wildman–Crippen MR) is 605 cm³/mol. The summed E-state index contributed by atoms with van der Waals surface area (Å²) in [4.78, 5) is 9.31. The molecule has 0 bridgehead atoms. The van der Waals surface area contributed by atoms with Gasteiger partial charge in [0.2, 0.25) is 0 Å². The van der Waals surface area contributed by atoms with E-state index in [1.807, 2.05) is 72.8 Å². The van der Waals surface area contributed by atoms with Crippen molar-refractivity contribution in [2.75, 3.05) is 19.6 Å². The summed E-state index contributed by atoms with van der Waals surface area (Å²) in [6.45, 7) is 4.47. The first-order valence-electron chi connectivity index (χ1n) is 48.5. The molecule has 144 heavy (non-hydrogen) atoms. The fraction of sp³-hybridized carbons (Fsp3) is 0.0156. The molecule has 2 atom stereocenters. The molecule has 8 heterocycles. The van der Waals surface area contributed by atoms with Crippen molar-refractivity contribution in [3.63, 3.8) is 0 Å². The van der Waals surface area contributed by atoms with Crippen LogP contribution in [0.15, 0.2) is 497 Å². The lowest BCUT2D eigenvalue weighted by Crippen LogP contribution is -2.59. The monoisotopic (exact) mass is 1920 g/mol. The average Bonchev–Trinajstić information content (AvgIpc) is 0.701. The third-order valence-electron chi connectivity index (χ3n) is 28.2. The van der Waals surface area contributed by atoms with E-state index in [0.29, 0.717) is 0 Å². The van der Waals surface area contributed by atoms with E-state index in [0.717, 1.165) is 174 Å². The Kier molecular flexibility index (Phi) is 22.0. The van der Waals surface area contributed by atoms with E-state index in [2.05, 4.69) is 458 Å². The molecule has 0 fully saturated rings. The van der Waals surface area contributed by atoms with Crippen LogP contribution in [0.1, 0.15) is 11.1 Å². The maximum atomic E-state index is 6.78. The van der Waals surface area contributed by atoms with Crippen LogP contribution in [0.25, 0.3) is 33.4 Å². The van der Waals surface area contributed by atoms with Crippen molar-refractivity contribution in [3.8, 4) is 102 Å². The number of rotatable bonds is 11. The minimum atomic E-state index is -2.39. The fourth-order valence-electron chi connectivity index (χ4n) is 21.7. The minimum absolute atomic E-state index is 0.0764. The SMILES string of the molecule is Cc1ccc(N2c3ccc(C)cc3B3c4ccc(N(c5ccccc5)c5ccccc5)cc4Oc4cccc2c43)cc1.S=P12c3ccc(-c4ccccc4)cc3Oc3cccc(c31)Oc1ccc(-c3ccccc3)cc12.S=P12c3ccccc3Oc3cccc(c31)Oc1ccc(-c3ccccc3)cc12.c1ccc(N(c2ccccc2)c2ccc3c(c2)Oc2cccc4c2B3c2ccccc2N4c2ccccc2)cc1. The number of aryl methyl sites for hydroxylation is 2. The quantitative estimate of drug-likeness (QED) is 0.0915. The zero-order valence-electron chi connectivity index (χ0n) is 78.4. The number of anilines is 12. The molecule has 0 saturated heterocycles. The smallest absolute Gasteiger partial charge is 0.256 e. The summed E-state index contributed by atoms with van der Waals surface area (Å²) in [6, 6.07) is 169. The molecule has 0 spiro atoms. The maximum Gasteiger partial charge on any atom is 0.256 e. The van der Waals surface area contributed by atoms with Crippen LogP contribution in [0.5, 0.6) is 69.0 Å². The molecular weight excluding hydrogens is 1840 g/mol. The predicted octanol–water partition coefficient (Wildman–Crippen LogP) is 28.0. The number of hydrogen-bond acceptors (Lipinski definition) is 12. The van der Waals surface area contributed by atoms with Gasteiger partial charge in [-0.2, -0.15) is 0 Å². The van der Waals surface area contributed by atoms with Gasteiger partial charge in [-0.25, -0.2) is 0 Å². The lowest BCUT2D eigenvalue weighted by molar-refractivity contribution is 0.466. The Balaban J connectivity index is 0.0000000989. The lowest BCUT2D eigenvalue weighted by atomic mass is 9.34. The van der Waals surface area contributed by atoms with Crippen LogP contribution in [0.2, 0.25) is 0 Å². The number of fused-ring (bicyclic) bond motifs is 16. The molecule has 0 saturated carbocycles. The van der Waals surface area contributed by atoms with Crippen molar-refractivity contribution in [2.45, 2.75) is 13.8 Å². The Labute approximate surface area is 848 Å². The van der Waals surface area contributed by atoms with Crippen LogP contribution in [-0.4, -0.2) is 13.4 Å². The summed E-state index contributed by atoms with van der Waals surface area (Å²) in [7, 11) is 0. The molecule has 0 aromatic heterocycles. The molecule has 16 heteroatoms. The van der Waals surface area contributed by atoms with E-state index < -0.39 is 12.1 Å². The molecule has 8 aliphatic heterocycles. The van der Waals surface area contributed by atoms with E-state index in [9.17, 15) is 0 Å². The molecular formula is C128H88B2N4O6P2S2. The highest BCUT2D eigenvalue weighted by Gasteiger charge is 2.48. The highest BCUT2D eigenvalue weighted by molar-refractivity contribution is 8.26. The first kappa shape index (κ1) is 87.3. The molecule has 684 valence electrons. The first-order valence-corrected chi connectivity index (χ1v) is 54.1. The second kappa shape index (κ2) is 36.3. The molecule has 21 aromatic carbocycles. The Morgan fingerprint density at radius 1 is 0.201 bits per heavy atom. The summed E-state index contributed by atoms with van der Waals surface area (Å²) < 4.78 is 38.8. The van der Waals surface area contributed by atoms with Crippen molar-refractivity contribution < 1.29 is 28.4 Å². The molecule has 0 aliphatic carbocycles. The molecule has 29 rings (SSSR count). The van der Waals surface area contributed by atoms with Crippen molar-refractivity contribution in [3.05, 3.63) is 509 Å². The highest BCUT2D eigenvalue weighted by atomic mass is 32.4. The van der Waals surface area contributed by atoms with Gasteiger partial charge in [-0.3, -0.25) is 0 Å². The molecule has 2 unspecified atom stereocenters. The molecule has 0 N–H and O–H groups in total. The van der Waals surface area contributed by atoms with Crippen LogP contribution in [0.4, 0.5) is 68.2 Å². The van der Waals surface area contributed by atoms with Crippen molar-refractivity contribution in [1.82, 2.24) is 0 Å². The summed E-state index contributed by atoms with van der Waals surface area (Å²) in [5, 5.41) is 6.40. The molecule has 10 nitrogen and oxygen atoms in total. The summed E-state index contributed by atoms with van der Waals surface area (Å²) in [5.41, 5.74) is 30.4. The van der Waals surface area contributed by atoms with E-state index >= 15 is 0 Å². The lowest BCUT2D eigenvalue weighted by Gasteiger charge is -2.40. The van der Waals surface area contributed by atoms with Gasteiger partial charge >= 0.3 is 0 Å².